The van der Waals surface area contributed by atoms with Crippen LogP contribution in [0.25, 0.3) is 0 Å². The molecule has 1 heterocycles. The van der Waals surface area contributed by atoms with Crippen LogP contribution in [0.3, 0.4) is 0 Å². The van der Waals surface area contributed by atoms with E-state index in [0.29, 0.717) is 0 Å². The molecule has 0 N–H and O–H groups in total. The lowest BCUT2D eigenvalue weighted by Crippen LogP contribution is -2.48. The van der Waals surface area contributed by atoms with Crippen molar-refractivity contribution < 1.29 is 9.47 Å². The van der Waals surface area contributed by atoms with Crippen molar-refractivity contribution >= 4 is 12.6 Å². The largest absolute Gasteiger partial charge is 0.496 e. The number of ether oxygens (including phenoxy) is 2. The van der Waals surface area contributed by atoms with E-state index in [9.17, 15) is 0 Å². The molecule has 1 aliphatic heterocycles. The van der Waals surface area contributed by atoms with Crippen molar-refractivity contribution in [3.8, 4) is 5.75 Å². The van der Waals surface area contributed by atoms with E-state index in [1.54, 1.807) is 7.11 Å². The molecule has 1 saturated heterocycles. The molecule has 0 bridgehead atoms. The van der Waals surface area contributed by atoms with E-state index in [-0.39, 0.29) is 5.41 Å². The summed E-state index contributed by atoms with van der Waals surface area (Å²) in [4.78, 5) is 0. The summed E-state index contributed by atoms with van der Waals surface area (Å²) < 4.78 is 10.7. The quantitative estimate of drug-likeness (QED) is 0.816. The molecule has 0 unspecified atom stereocenters. The number of thiol groups is 1. The summed E-state index contributed by atoms with van der Waals surface area (Å²) in [5, 5.41) is 0. The van der Waals surface area contributed by atoms with Gasteiger partial charge in [0.15, 0.2) is 0 Å². The Kier molecular flexibility index (Phi) is 3.17. The van der Waals surface area contributed by atoms with Gasteiger partial charge in [0.05, 0.1) is 25.7 Å². The molecular formula is C13H18O2S. The van der Waals surface area contributed by atoms with E-state index < -0.39 is 0 Å². The Bertz CT molecular complexity index is 368. The van der Waals surface area contributed by atoms with Crippen molar-refractivity contribution in [2.24, 2.45) is 0 Å². The minimum Gasteiger partial charge on any atom is -0.496 e. The number of hydrogen-bond acceptors (Lipinski definition) is 3. The third-order valence-electron chi connectivity index (χ3n) is 3.34. The second-order valence-electron chi connectivity index (χ2n) is 4.57. The van der Waals surface area contributed by atoms with Gasteiger partial charge in [0, 0.05) is 5.75 Å². The van der Waals surface area contributed by atoms with Crippen molar-refractivity contribution in [1.29, 1.82) is 0 Å². The van der Waals surface area contributed by atoms with Crippen LogP contribution in [-0.4, -0.2) is 26.1 Å². The van der Waals surface area contributed by atoms with Gasteiger partial charge in [-0.15, -0.1) is 0 Å². The van der Waals surface area contributed by atoms with Crippen LogP contribution >= 0.6 is 12.6 Å². The van der Waals surface area contributed by atoms with E-state index in [4.69, 9.17) is 9.47 Å². The first-order valence-electron chi connectivity index (χ1n) is 5.47. The van der Waals surface area contributed by atoms with Crippen molar-refractivity contribution in [2.75, 3.05) is 26.1 Å². The molecule has 1 aliphatic rings. The Morgan fingerprint density at radius 3 is 2.19 bits per heavy atom. The third-order valence-corrected chi connectivity index (χ3v) is 3.94. The normalized spacial score (nSPS) is 18.0. The zero-order valence-corrected chi connectivity index (χ0v) is 10.9. The average molecular weight is 238 g/mol. The maximum absolute atomic E-state index is 5.38. The third kappa shape index (κ3) is 1.72. The lowest BCUT2D eigenvalue weighted by Gasteiger charge is -2.41. The first-order valence-corrected chi connectivity index (χ1v) is 6.10. The maximum atomic E-state index is 5.38. The Balaban J connectivity index is 2.43. The highest BCUT2D eigenvalue weighted by molar-refractivity contribution is 7.80. The van der Waals surface area contributed by atoms with Gasteiger partial charge in [-0.3, -0.25) is 0 Å². The van der Waals surface area contributed by atoms with E-state index in [1.807, 2.05) is 0 Å². The highest BCUT2D eigenvalue weighted by Crippen LogP contribution is 2.37. The molecule has 2 nitrogen and oxygen atoms in total. The molecule has 0 radical (unpaired) electrons. The summed E-state index contributed by atoms with van der Waals surface area (Å²) in [7, 11) is 1.72. The summed E-state index contributed by atoms with van der Waals surface area (Å²) in [6.07, 6.45) is 0. The van der Waals surface area contributed by atoms with Crippen LogP contribution in [0.5, 0.6) is 5.75 Å². The molecule has 0 aliphatic carbocycles. The molecule has 16 heavy (non-hydrogen) atoms. The van der Waals surface area contributed by atoms with Crippen LogP contribution in [0.2, 0.25) is 0 Å². The predicted octanol–water partition coefficient (Wildman–Crippen LogP) is 2.51. The molecule has 1 fully saturated rings. The maximum Gasteiger partial charge on any atom is 0.124 e. The Hall–Kier alpha value is -0.670. The average Bonchev–Trinajstić information content (AvgIpc) is 2.16. The van der Waals surface area contributed by atoms with Crippen LogP contribution in [0, 0.1) is 13.8 Å². The molecule has 2 rings (SSSR count). The van der Waals surface area contributed by atoms with E-state index in [1.165, 1.54) is 16.7 Å². The summed E-state index contributed by atoms with van der Waals surface area (Å²) >= 11 is 4.45. The zero-order chi connectivity index (χ0) is 11.8. The molecule has 0 spiro atoms. The first kappa shape index (κ1) is 11.8. The van der Waals surface area contributed by atoms with E-state index in [0.717, 1.165) is 24.7 Å². The van der Waals surface area contributed by atoms with Gasteiger partial charge in [0.1, 0.15) is 5.75 Å². The summed E-state index contributed by atoms with van der Waals surface area (Å²) in [6.45, 7) is 5.73. The van der Waals surface area contributed by atoms with Crippen LogP contribution < -0.4 is 4.74 Å². The SMILES string of the molecule is COc1c(C)cc(C2(CS)COC2)cc1C. The lowest BCUT2D eigenvalue weighted by molar-refractivity contribution is -0.0471. The van der Waals surface area contributed by atoms with Crippen molar-refractivity contribution in [1.82, 2.24) is 0 Å². The number of rotatable bonds is 3. The van der Waals surface area contributed by atoms with Crippen LogP contribution in [0.4, 0.5) is 0 Å². The zero-order valence-electron chi connectivity index (χ0n) is 10.0. The Morgan fingerprint density at radius 2 is 1.88 bits per heavy atom. The fourth-order valence-electron chi connectivity index (χ4n) is 2.28. The molecule has 0 aromatic heterocycles. The molecular weight excluding hydrogens is 220 g/mol. The monoisotopic (exact) mass is 238 g/mol. The van der Waals surface area contributed by atoms with Crippen LogP contribution in [0.15, 0.2) is 12.1 Å². The predicted molar refractivity (Wildman–Crippen MR) is 68.8 cm³/mol. The molecule has 1 aromatic carbocycles. The van der Waals surface area contributed by atoms with Gasteiger partial charge in [-0.05, 0) is 30.5 Å². The van der Waals surface area contributed by atoms with Gasteiger partial charge >= 0.3 is 0 Å². The summed E-state index contributed by atoms with van der Waals surface area (Å²) in [5.41, 5.74) is 3.81. The summed E-state index contributed by atoms with van der Waals surface area (Å²) in [6, 6.07) is 4.40. The van der Waals surface area contributed by atoms with E-state index >= 15 is 0 Å². The Morgan fingerprint density at radius 1 is 1.31 bits per heavy atom. The van der Waals surface area contributed by atoms with Crippen LogP contribution in [-0.2, 0) is 10.2 Å². The topological polar surface area (TPSA) is 18.5 Å². The number of benzene rings is 1. The minimum atomic E-state index is 0.116. The standard InChI is InChI=1S/C13H18O2S/c1-9-4-11(5-10(2)12(9)14-3)13(8-16)6-15-7-13/h4-5,16H,6-8H2,1-3H3. The van der Waals surface area contributed by atoms with Gasteiger partial charge < -0.3 is 9.47 Å². The van der Waals surface area contributed by atoms with Gasteiger partial charge in [-0.25, -0.2) is 0 Å². The van der Waals surface area contributed by atoms with Gasteiger partial charge in [-0.2, -0.15) is 12.6 Å². The molecule has 88 valence electrons. The van der Waals surface area contributed by atoms with Crippen molar-refractivity contribution in [2.45, 2.75) is 19.3 Å². The van der Waals surface area contributed by atoms with Gasteiger partial charge in [-0.1, -0.05) is 12.1 Å². The smallest absolute Gasteiger partial charge is 0.124 e. The molecule has 0 saturated carbocycles. The fraction of sp³-hybridized carbons (Fsp3) is 0.538. The van der Waals surface area contributed by atoms with E-state index in [2.05, 4.69) is 38.6 Å². The fourth-order valence-corrected chi connectivity index (χ4v) is 2.64. The lowest BCUT2D eigenvalue weighted by atomic mass is 9.79. The minimum absolute atomic E-state index is 0.116. The van der Waals surface area contributed by atoms with Crippen molar-refractivity contribution in [3.05, 3.63) is 28.8 Å². The molecule has 0 atom stereocenters. The summed E-state index contributed by atoms with van der Waals surface area (Å²) in [5.74, 6) is 1.82. The highest BCUT2D eigenvalue weighted by atomic mass is 32.1. The molecule has 1 aromatic rings. The number of methoxy groups -OCH3 is 1. The van der Waals surface area contributed by atoms with Crippen LogP contribution in [0.1, 0.15) is 16.7 Å². The Labute approximate surface area is 102 Å². The van der Waals surface area contributed by atoms with Gasteiger partial charge in [0.2, 0.25) is 0 Å². The number of aryl methyl sites for hydroxylation is 2. The van der Waals surface area contributed by atoms with Gasteiger partial charge in [0.25, 0.3) is 0 Å². The first-order chi connectivity index (χ1) is 7.63. The van der Waals surface area contributed by atoms with Crippen molar-refractivity contribution in [3.63, 3.8) is 0 Å². The number of hydrogen-bond donors (Lipinski definition) is 1. The second kappa shape index (κ2) is 4.30. The molecule has 3 heteroatoms. The second-order valence-corrected chi connectivity index (χ2v) is 4.89. The highest BCUT2D eigenvalue weighted by Gasteiger charge is 2.39. The molecule has 0 amide bonds.